The van der Waals surface area contributed by atoms with Crippen molar-refractivity contribution in [2.45, 2.75) is 13.2 Å². The highest BCUT2D eigenvalue weighted by molar-refractivity contribution is 5.32. The molecular weight excluding hydrogens is 257 g/mol. The molecule has 1 N–H and O–H groups in total. The summed E-state index contributed by atoms with van der Waals surface area (Å²) in [7, 11) is 1.80. The topological polar surface area (TPSA) is 57.9 Å². The largest absolute Gasteiger partial charge is 0.486 e. The molecule has 20 heavy (non-hydrogen) atoms. The molecule has 0 aliphatic carbocycles. The van der Waals surface area contributed by atoms with Crippen LogP contribution in [0.3, 0.4) is 0 Å². The van der Waals surface area contributed by atoms with Gasteiger partial charge in [-0.2, -0.15) is 5.26 Å². The van der Waals surface area contributed by atoms with Crippen LogP contribution < -0.4 is 10.1 Å². The first kappa shape index (κ1) is 14.0. The van der Waals surface area contributed by atoms with Crippen LogP contribution in [-0.2, 0) is 13.2 Å². The molecule has 2 aromatic rings. The molecule has 0 saturated carbocycles. The fourth-order valence-corrected chi connectivity index (χ4v) is 1.79. The average Bonchev–Trinajstić information content (AvgIpc) is 2.47. The van der Waals surface area contributed by atoms with Gasteiger partial charge in [0.05, 0.1) is 0 Å². The third-order valence-electron chi connectivity index (χ3n) is 2.76. The molecule has 0 radical (unpaired) electrons. The highest BCUT2D eigenvalue weighted by Gasteiger charge is 2.07. The standard InChI is InChI=1S/C15H14FN3O/c1-18-9-11-4-5-15(13(16)7-11)20-10-12-3-2-6-19-14(12)8-17/h2-7,18H,9-10H2,1H3. The van der Waals surface area contributed by atoms with E-state index in [9.17, 15) is 4.39 Å². The number of ether oxygens (including phenoxy) is 1. The Balaban J connectivity index is 2.09. The van der Waals surface area contributed by atoms with Gasteiger partial charge in [0.2, 0.25) is 0 Å². The lowest BCUT2D eigenvalue weighted by Gasteiger charge is -2.09. The number of nitrogens with zero attached hydrogens (tertiary/aromatic N) is 2. The van der Waals surface area contributed by atoms with Crippen molar-refractivity contribution in [3.05, 3.63) is 59.2 Å². The third-order valence-corrected chi connectivity index (χ3v) is 2.76. The maximum atomic E-state index is 13.8. The van der Waals surface area contributed by atoms with E-state index in [1.807, 2.05) is 6.07 Å². The molecule has 5 heteroatoms. The molecule has 102 valence electrons. The Morgan fingerprint density at radius 1 is 1.40 bits per heavy atom. The van der Waals surface area contributed by atoms with Crippen LogP contribution in [0, 0.1) is 17.1 Å². The Kier molecular flexibility index (Phi) is 4.64. The summed E-state index contributed by atoms with van der Waals surface area (Å²) >= 11 is 0. The second kappa shape index (κ2) is 6.64. The molecule has 0 spiro atoms. The Morgan fingerprint density at radius 3 is 2.95 bits per heavy atom. The molecule has 2 rings (SSSR count). The summed E-state index contributed by atoms with van der Waals surface area (Å²) in [6, 6.07) is 10.2. The van der Waals surface area contributed by atoms with Crippen molar-refractivity contribution in [3.8, 4) is 11.8 Å². The summed E-state index contributed by atoms with van der Waals surface area (Å²) in [6.07, 6.45) is 1.54. The van der Waals surface area contributed by atoms with Crippen molar-refractivity contribution in [3.63, 3.8) is 0 Å². The first-order chi connectivity index (χ1) is 9.74. The van der Waals surface area contributed by atoms with Crippen molar-refractivity contribution in [1.82, 2.24) is 10.3 Å². The Bertz CT molecular complexity index is 637. The third kappa shape index (κ3) is 3.31. The summed E-state index contributed by atoms with van der Waals surface area (Å²) in [5.41, 5.74) is 1.77. The first-order valence-corrected chi connectivity index (χ1v) is 6.14. The monoisotopic (exact) mass is 271 g/mol. The van der Waals surface area contributed by atoms with Gasteiger partial charge in [-0.05, 0) is 30.8 Å². The molecule has 4 nitrogen and oxygen atoms in total. The van der Waals surface area contributed by atoms with E-state index >= 15 is 0 Å². The summed E-state index contributed by atoms with van der Waals surface area (Å²) in [5.74, 6) is -0.252. The number of pyridine rings is 1. The van der Waals surface area contributed by atoms with Gasteiger partial charge in [0.1, 0.15) is 18.4 Å². The second-order valence-corrected chi connectivity index (χ2v) is 4.21. The molecule has 0 unspecified atom stereocenters. The van der Waals surface area contributed by atoms with Gasteiger partial charge >= 0.3 is 0 Å². The molecule has 0 atom stereocenters. The maximum Gasteiger partial charge on any atom is 0.165 e. The zero-order valence-electron chi connectivity index (χ0n) is 11.1. The van der Waals surface area contributed by atoms with E-state index in [4.69, 9.17) is 10.00 Å². The number of rotatable bonds is 5. The van der Waals surface area contributed by atoms with Crippen LogP contribution in [0.1, 0.15) is 16.8 Å². The normalized spacial score (nSPS) is 10.1. The lowest BCUT2D eigenvalue weighted by molar-refractivity contribution is 0.289. The van der Waals surface area contributed by atoms with Gasteiger partial charge in [-0.3, -0.25) is 0 Å². The molecule has 1 aromatic carbocycles. The number of aromatic nitrogens is 1. The predicted molar refractivity (Wildman–Crippen MR) is 72.4 cm³/mol. The Labute approximate surface area is 116 Å². The average molecular weight is 271 g/mol. The summed E-state index contributed by atoms with van der Waals surface area (Å²) in [5, 5.41) is 11.9. The number of nitriles is 1. The number of nitrogens with one attached hydrogen (secondary N) is 1. The highest BCUT2D eigenvalue weighted by Crippen LogP contribution is 2.20. The molecule has 0 saturated heterocycles. The van der Waals surface area contributed by atoms with Gasteiger partial charge in [-0.1, -0.05) is 12.1 Å². The van der Waals surface area contributed by atoms with E-state index in [1.54, 1.807) is 31.3 Å². The zero-order chi connectivity index (χ0) is 14.4. The first-order valence-electron chi connectivity index (χ1n) is 6.14. The van der Waals surface area contributed by atoms with Crippen molar-refractivity contribution < 1.29 is 9.13 Å². The zero-order valence-corrected chi connectivity index (χ0v) is 11.1. The van der Waals surface area contributed by atoms with E-state index < -0.39 is 5.82 Å². The summed E-state index contributed by atoms with van der Waals surface area (Å²) in [6.45, 7) is 0.706. The van der Waals surface area contributed by atoms with Gasteiger partial charge in [0.25, 0.3) is 0 Å². The van der Waals surface area contributed by atoms with Gasteiger partial charge in [-0.15, -0.1) is 0 Å². The smallest absolute Gasteiger partial charge is 0.165 e. The minimum Gasteiger partial charge on any atom is -0.486 e. The molecule has 0 amide bonds. The fraction of sp³-hybridized carbons (Fsp3) is 0.200. The van der Waals surface area contributed by atoms with Crippen LogP contribution in [0.15, 0.2) is 36.5 Å². The van der Waals surface area contributed by atoms with E-state index in [1.165, 1.54) is 12.3 Å². The van der Waals surface area contributed by atoms with Crippen LogP contribution in [0.2, 0.25) is 0 Å². The van der Waals surface area contributed by atoms with Crippen LogP contribution in [0.25, 0.3) is 0 Å². The molecule has 0 aliphatic heterocycles. The fourth-order valence-electron chi connectivity index (χ4n) is 1.79. The van der Waals surface area contributed by atoms with Gasteiger partial charge in [0.15, 0.2) is 11.6 Å². The Morgan fingerprint density at radius 2 is 2.25 bits per heavy atom. The van der Waals surface area contributed by atoms with E-state index in [0.717, 1.165) is 5.56 Å². The molecular formula is C15H14FN3O. The van der Waals surface area contributed by atoms with Gasteiger partial charge in [0, 0.05) is 18.3 Å². The van der Waals surface area contributed by atoms with Gasteiger partial charge < -0.3 is 10.1 Å². The van der Waals surface area contributed by atoms with Gasteiger partial charge in [-0.25, -0.2) is 9.37 Å². The van der Waals surface area contributed by atoms with Crippen LogP contribution in [-0.4, -0.2) is 12.0 Å². The van der Waals surface area contributed by atoms with Crippen LogP contribution >= 0.6 is 0 Å². The number of benzene rings is 1. The molecule has 0 bridgehead atoms. The molecule has 1 heterocycles. The molecule has 1 aromatic heterocycles. The number of hydrogen-bond acceptors (Lipinski definition) is 4. The van der Waals surface area contributed by atoms with Crippen molar-refractivity contribution >= 4 is 0 Å². The quantitative estimate of drug-likeness (QED) is 0.907. The van der Waals surface area contributed by atoms with Crippen molar-refractivity contribution in [2.75, 3.05) is 7.05 Å². The predicted octanol–water partition coefficient (Wildman–Crippen LogP) is 2.39. The summed E-state index contributed by atoms with van der Waals surface area (Å²) < 4.78 is 19.2. The van der Waals surface area contributed by atoms with E-state index in [-0.39, 0.29) is 12.4 Å². The SMILES string of the molecule is CNCc1ccc(OCc2cccnc2C#N)c(F)c1. The van der Waals surface area contributed by atoms with E-state index in [2.05, 4.69) is 10.3 Å². The minimum atomic E-state index is -0.417. The summed E-state index contributed by atoms with van der Waals surface area (Å²) in [4.78, 5) is 3.93. The molecule has 0 fully saturated rings. The second-order valence-electron chi connectivity index (χ2n) is 4.21. The molecule has 0 aliphatic rings. The van der Waals surface area contributed by atoms with Crippen molar-refractivity contribution in [1.29, 1.82) is 5.26 Å². The maximum absolute atomic E-state index is 13.8. The lowest BCUT2D eigenvalue weighted by atomic mass is 10.2. The van der Waals surface area contributed by atoms with Crippen LogP contribution in [0.4, 0.5) is 4.39 Å². The Hall–Kier alpha value is -2.45. The number of hydrogen-bond donors (Lipinski definition) is 1. The lowest BCUT2D eigenvalue weighted by Crippen LogP contribution is -2.06. The van der Waals surface area contributed by atoms with E-state index in [0.29, 0.717) is 17.8 Å². The highest BCUT2D eigenvalue weighted by atomic mass is 19.1. The van der Waals surface area contributed by atoms with Crippen molar-refractivity contribution in [2.24, 2.45) is 0 Å². The van der Waals surface area contributed by atoms with Crippen LogP contribution in [0.5, 0.6) is 5.75 Å². The number of halogens is 1. The minimum absolute atomic E-state index is 0.110.